The Labute approximate surface area is 209 Å². The first-order valence-electron chi connectivity index (χ1n) is 11.3. The molecule has 2 unspecified atom stereocenters. The Morgan fingerprint density at radius 1 is 1.19 bits per heavy atom. The van der Waals surface area contributed by atoms with Gasteiger partial charge in [0.15, 0.2) is 5.82 Å². The van der Waals surface area contributed by atoms with Gasteiger partial charge in [-0.3, -0.25) is 4.55 Å². The van der Waals surface area contributed by atoms with Gasteiger partial charge >= 0.3 is 0 Å². The van der Waals surface area contributed by atoms with Crippen molar-refractivity contribution in [3.05, 3.63) is 89.1 Å². The minimum Gasteiger partial charge on any atom is -0.473 e. The Kier molecular flexibility index (Phi) is 7.74. The fourth-order valence-corrected chi connectivity index (χ4v) is 4.60. The summed E-state index contributed by atoms with van der Waals surface area (Å²) in [7, 11) is -4.02. The fourth-order valence-electron chi connectivity index (χ4n) is 4.12. The van der Waals surface area contributed by atoms with Crippen molar-refractivity contribution in [1.82, 2.24) is 15.3 Å². The second-order valence-electron chi connectivity index (χ2n) is 8.69. The van der Waals surface area contributed by atoms with Crippen molar-refractivity contribution < 1.29 is 22.1 Å². The summed E-state index contributed by atoms with van der Waals surface area (Å²) in [5, 5.41) is 12.2. The van der Waals surface area contributed by atoms with Gasteiger partial charge in [-0.25, -0.2) is 9.37 Å². The number of ether oxygens (including phenoxy) is 1. The highest BCUT2D eigenvalue weighted by Crippen LogP contribution is 2.37. The topological polar surface area (TPSA) is 125 Å². The average molecular weight is 509 g/mol. The van der Waals surface area contributed by atoms with Gasteiger partial charge in [0.2, 0.25) is 5.88 Å². The number of hydrogen-bond acceptors (Lipinski definition) is 7. The van der Waals surface area contributed by atoms with Crippen LogP contribution in [0.4, 0.5) is 4.39 Å². The van der Waals surface area contributed by atoms with Crippen LogP contribution < -0.4 is 10.1 Å². The van der Waals surface area contributed by atoms with E-state index in [2.05, 4.69) is 21.4 Å². The van der Waals surface area contributed by atoms with E-state index in [0.717, 1.165) is 30.6 Å². The van der Waals surface area contributed by atoms with Gasteiger partial charge in [0.1, 0.15) is 12.4 Å². The molecule has 0 amide bonds. The van der Waals surface area contributed by atoms with E-state index in [4.69, 9.17) is 14.6 Å². The second kappa shape index (κ2) is 11.0. The zero-order valence-corrected chi connectivity index (χ0v) is 20.4. The van der Waals surface area contributed by atoms with Crippen molar-refractivity contribution >= 4 is 15.7 Å². The molecular weight excluding hydrogens is 483 g/mol. The normalized spacial score (nSPS) is 18.4. The first-order chi connectivity index (χ1) is 17.2. The van der Waals surface area contributed by atoms with E-state index in [1.54, 1.807) is 36.5 Å². The summed E-state index contributed by atoms with van der Waals surface area (Å²) in [5.41, 5.74) is 2.79. The largest absolute Gasteiger partial charge is 0.473 e. The number of allylic oxidation sites excluding steroid dienone is 1. The minimum atomic E-state index is -4.02. The van der Waals surface area contributed by atoms with Gasteiger partial charge in [0.25, 0.3) is 10.1 Å². The van der Waals surface area contributed by atoms with E-state index < -0.39 is 15.9 Å². The maximum Gasteiger partial charge on any atom is 0.294 e. The van der Waals surface area contributed by atoms with Crippen molar-refractivity contribution in [2.75, 3.05) is 13.1 Å². The minimum absolute atomic E-state index is 0.0578. The quantitative estimate of drug-likeness (QED) is 0.497. The molecule has 0 radical (unpaired) electrons. The predicted molar refractivity (Wildman–Crippen MR) is 131 cm³/mol. The molecule has 0 saturated carbocycles. The van der Waals surface area contributed by atoms with Crippen LogP contribution in [0.15, 0.2) is 65.7 Å². The van der Waals surface area contributed by atoms with Crippen molar-refractivity contribution in [2.45, 2.75) is 24.8 Å². The number of rotatable bonds is 5. The average Bonchev–Trinajstić information content (AvgIpc) is 3.46. The molecule has 5 rings (SSSR count). The Morgan fingerprint density at radius 2 is 1.97 bits per heavy atom. The molecule has 36 heavy (non-hydrogen) atoms. The van der Waals surface area contributed by atoms with Crippen LogP contribution in [-0.4, -0.2) is 36.0 Å². The summed E-state index contributed by atoms with van der Waals surface area (Å²) in [6.07, 6.45) is 4.90. The van der Waals surface area contributed by atoms with Crippen molar-refractivity contribution in [1.29, 1.82) is 5.26 Å². The summed E-state index contributed by atoms with van der Waals surface area (Å²) in [5.74, 6) is 1.86. The molecule has 2 aromatic carbocycles. The van der Waals surface area contributed by atoms with Crippen LogP contribution in [0.25, 0.3) is 5.57 Å². The van der Waals surface area contributed by atoms with E-state index >= 15 is 0 Å². The van der Waals surface area contributed by atoms with E-state index in [1.807, 2.05) is 13.0 Å². The van der Waals surface area contributed by atoms with E-state index in [-0.39, 0.29) is 11.5 Å². The molecular formula is C26H25FN4O4S. The van der Waals surface area contributed by atoms with Crippen LogP contribution in [-0.2, 0) is 16.7 Å². The summed E-state index contributed by atoms with van der Waals surface area (Å²) in [6.45, 7) is 3.96. The zero-order valence-electron chi connectivity index (χ0n) is 19.6. The lowest BCUT2D eigenvalue weighted by molar-refractivity contribution is 0.287. The van der Waals surface area contributed by atoms with Crippen LogP contribution in [0.1, 0.15) is 28.9 Å². The molecule has 2 N–H and O–H groups in total. The number of hydrogen-bond donors (Lipinski definition) is 2. The number of nitrogens with zero attached hydrogens (tertiary/aromatic N) is 3. The molecule has 0 spiro atoms. The lowest BCUT2D eigenvalue weighted by Gasteiger charge is -2.09. The van der Waals surface area contributed by atoms with Gasteiger partial charge in [-0.2, -0.15) is 18.7 Å². The van der Waals surface area contributed by atoms with Gasteiger partial charge < -0.3 is 10.1 Å². The number of halogens is 1. The summed E-state index contributed by atoms with van der Waals surface area (Å²) in [4.78, 5) is 8.75. The van der Waals surface area contributed by atoms with Crippen LogP contribution in [0, 0.1) is 35.9 Å². The first kappa shape index (κ1) is 25.4. The number of aromatic nitrogens is 2. The van der Waals surface area contributed by atoms with Crippen LogP contribution in [0.2, 0.25) is 0 Å². The van der Waals surface area contributed by atoms with Crippen LogP contribution >= 0.6 is 0 Å². The lowest BCUT2D eigenvalue weighted by atomic mass is 10.00. The standard InChI is InChI=1S/C19H17FN4O.C7H8O3S/c20-17-5-12(8-21)1-2-13(17)11-25-18-3-4-23-19(24-18)14-6-15-9-22-10-16(15)7-14;1-6-2-4-7(5-3-6)11(8,9)10/h1-6,15-16,22H,7,9-11H2;2-5H,1H3,(H,8,9,10). The second-order valence-corrected chi connectivity index (χ2v) is 10.1. The monoisotopic (exact) mass is 508 g/mol. The molecule has 1 fully saturated rings. The SMILES string of the molecule is Cc1ccc(S(=O)(=O)O)cc1.N#Cc1ccc(COc2ccnc(C3=CC4CNCC4C3)n2)c(F)c1. The van der Waals surface area contributed by atoms with Crippen LogP contribution in [0.5, 0.6) is 5.88 Å². The zero-order chi connectivity index (χ0) is 25.7. The molecule has 0 bridgehead atoms. The van der Waals surface area contributed by atoms with Crippen molar-refractivity contribution in [2.24, 2.45) is 11.8 Å². The molecule has 3 aromatic rings. The highest BCUT2D eigenvalue weighted by Gasteiger charge is 2.32. The summed E-state index contributed by atoms with van der Waals surface area (Å²) < 4.78 is 49.1. The number of nitriles is 1. The third-order valence-corrected chi connectivity index (χ3v) is 6.95. The molecule has 8 nitrogen and oxygen atoms in total. The van der Waals surface area contributed by atoms with Gasteiger partial charge in [0, 0.05) is 24.4 Å². The molecule has 2 aliphatic rings. The predicted octanol–water partition coefficient (Wildman–Crippen LogP) is 3.93. The Morgan fingerprint density at radius 3 is 2.64 bits per heavy atom. The smallest absolute Gasteiger partial charge is 0.294 e. The number of nitrogens with one attached hydrogen (secondary N) is 1. The van der Waals surface area contributed by atoms with Gasteiger partial charge in [-0.05, 0) is 61.6 Å². The fraction of sp³-hybridized carbons (Fsp3) is 0.269. The molecule has 10 heteroatoms. The van der Waals surface area contributed by atoms with Gasteiger partial charge in [0.05, 0.1) is 16.5 Å². The Balaban J connectivity index is 0.000000233. The van der Waals surface area contributed by atoms with Gasteiger partial charge in [-0.15, -0.1) is 0 Å². The molecule has 1 saturated heterocycles. The van der Waals surface area contributed by atoms with Crippen molar-refractivity contribution in [3.63, 3.8) is 0 Å². The molecule has 2 atom stereocenters. The van der Waals surface area contributed by atoms with E-state index in [9.17, 15) is 12.8 Å². The van der Waals surface area contributed by atoms with Crippen molar-refractivity contribution in [3.8, 4) is 11.9 Å². The highest BCUT2D eigenvalue weighted by atomic mass is 32.2. The maximum atomic E-state index is 13.9. The summed E-state index contributed by atoms with van der Waals surface area (Å²) in [6, 6.07) is 13.9. The lowest BCUT2D eigenvalue weighted by Crippen LogP contribution is -2.09. The maximum absolute atomic E-state index is 13.9. The number of aryl methyl sites for hydroxylation is 1. The Hall–Kier alpha value is -3.65. The van der Waals surface area contributed by atoms with E-state index in [0.29, 0.717) is 34.7 Å². The number of fused-ring (bicyclic) bond motifs is 1. The third kappa shape index (κ3) is 6.31. The van der Waals surface area contributed by atoms with Gasteiger partial charge in [-0.1, -0.05) is 29.8 Å². The molecule has 186 valence electrons. The van der Waals surface area contributed by atoms with E-state index in [1.165, 1.54) is 18.2 Å². The van der Waals surface area contributed by atoms with Crippen LogP contribution in [0.3, 0.4) is 0 Å². The first-order valence-corrected chi connectivity index (χ1v) is 12.8. The molecule has 1 aliphatic carbocycles. The number of benzene rings is 2. The molecule has 1 aliphatic heterocycles. The third-order valence-electron chi connectivity index (χ3n) is 6.08. The molecule has 2 heterocycles. The summed E-state index contributed by atoms with van der Waals surface area (Å²) >= 11 is 0. The highest BCUT2D eigenvalue weighted by molar-refractivity contribution is 7.85. The molecule has 1 aromatic heterocycles. The Bertz CT molecular complexity index is 1420.